The third-order valence-electron chi connectivity index (χ3n) is 4.02. The van der Waals surface area contributed by atoms with Crippen LogP contribution in [0.25, 0.3) is 0 Å². The van der Waals surface area contributed by atoms with Gasteiger partial charge in [0.2, 0.25) is 6.79 Å². The molecular weight excluding hydrogens is 312 g/mol. The number of rotatable bonds is 7. The van der Waals surface area contributed by atoms with Gasteiger partial charge >= 0.3 is 11.9 Å². The fourth-order valence-electron chi connectivity index (χ4n) is 2.78. The predicted molar refractivity (Wildman–Crippen MR) is 87.2 cm³/mol. The van der Waals surface area contributed by atoms with Crippen LogP contribution in [0.15, 0.2) is 12.1 Å². The molecule has 0 atom stereocenters. The molecule has 0 unspecified atom stereocenters. The maximum atomic E-state index is 12.6. The first-order valence-electron chi connectivity index (χ1n) is 8.26. The zero-order valence-corrected chi connectivity index (χ0v) is 14.6. The van der Waals surface area contributed by atoms with E-state index < -0.39 is 17.4 Å². The summed E-state index contributed by atoms with van der Waals surface area (Å²) in [6.07, 6.45) is 1.55. The lowest BCUT2D eigenvalue weighted by Gasteiger charge is -2.28. The van der Waals surface area contributed by atoms with E-state index in [2.05, 4.69) is 0 Å². The quantitative estimate of drug-likeness (QED) is 0.563. The minimum Gasteiger partial charge on any atom is -0.465 e. The van der Waals surface area contributed by atoms with Gasteiger partial charge in [0.1, 0.15) is 0 Å². The number of aryl methyl sites for hydroxylation is 1. The number of carbonyl (C=O) groups is 2. The van der Waals surface area contributed by atoms with E-state index >= 15 is 0 Å². The highest BCUT2D eigenvalue weighted by Gasteiger charge is 2.48. The van der Waals surface area contributed by atoms with Gasteiger partial charge in [0.25, 0.3) is 0 Å². The maximum Gasteiger partial charge on any atom is 0.327 e. The summed E-state index contributed by atoms with van der Waals surface area (Å²) in [6, 6.07) is 3.53. The molecule has 1 aliphatic heterocycles. The molecule has 0 spiro atoms. The van der Waals surface area contributed by atoms with Crippen LogP contribution in [0.1, 0.15) is 45.2 Å². The topological polar surface area (TPSA) is 71.1 Å². The Bertz CT molecular complexity index is 604. The second-order valence-corrected chi connectivity index (χ2v) is 5.68. The molecule has 0 saturated heterocycles. The molecular formula is C18H24O6. The van der Waals surface area contributed by atoms with E-state index in [-0.39, 0.29) is 20.0 Å². The van der Waals surface area contributed by atoms with E-state index in [0.717, 1.165) is 12.0 Å². The molecule has 0 radical (unpaired) electrons. The van der Waals surface area contributed by atoms with Crippen LogP contribution in [-0.4, -0.2) is 31.9 Å². The lowest BCUT2D eigenvalue weighted by molar-refractivity contribution is -0.163. The zero-order chi connectivity index (χ0) is 17.7. The van der Waals surface area contributed by atoms with Gasteiger partial charge in [0.15, 0.2) is 16.9 Å². The molecule has 1 aromatic carbocycles. The number of esters is 2. The number of ether oxygens (including phenoxy) is 4. The molecule has 0 amide bonds. The fourth-order valence-corrected chi connectivity index (χ4v) is 2.78. The third-order valence-corrected chi connectivity index (χ3v) is 4.02. The monoisotopic (exact) mass is 336 g/mol. The average Bonchev–Trinajstić information content (AvgIpc) is 3.01. The van der Waals surface area contributed by atoms with Crippen LogP contribution in [0.2, 0.25) is 0 Å². The first-order chi connectivity index (χ1) is 11.5. The van der Waals surface area contributed by atoms with Crippen LogP contribution < -0.4 is 9.47 Å². The number of hydrogen-bond donors (Lipinski definition) is 0. The summed E-state index contributed by atoms with van der Waals surface area (Å²) in [7, 11) is 0. The summed E-state index contributed by atoms with van der Waals surface area (Å²) in [6.45, 7) is 7.47. The van der Waals surface area contributed by atoms with Crippen LogP contribution in [0.3, 0.4) is 0 Å². The van der Waals surface area contributed by atoms with Gasteiger partial charge in [0.05, 0.1) is 13.2 Å². The predicted octanol–water partition coefficient (Wildman–Crippen LogP) is 2.75. The Balaban J connectivity index is 2.60. The second kappa shape index (κ2) is 7.55. The van der Waals surface area contributed by atoms with E-state index in [1.54, 1.807) is 26.8 Å². The van der Waals surface area contributed by atoms with Crippen molar-refractivity contribution in [2.24, 2.45) is 0 Å². The molecule has 0 fully saturated rings. The second-order valence-electron chi connectivity index (χ2n) is 5.68. The molecule has 6 nitrogen and oxygen atoms in total. The standard InChI is InChI=1S/C18H24O6/c1-5-8-12-9-14-15(24-11-23-14)10-13(12)18(4,16(19)21-6-2)17(20)22-7-3/h9-10H,5-8,11H2,1-4H3. The van der Waals surface area contributed by atoms with Crippen molar-refractivity contribution in [3.05, 3.63) is 23.3 Å². The third kappa shape index (κ3) is 3.18. The summed E-state index contributed by atoms with van der Waals surface area (Å²) < 4.78 is 21.2. The van der Waals surface area contributed by atoms with Crippen LogP contribution in [0.5, 0.6) is 11.5 Å². The highest BCUT2D eigenvalue weighted by molar-refractivity contribution is 6.06. The van der Waals surface area contributed by atoms with Crippen LogP contribution in [0, 0.1) is 0 Å². The smallest absolute Gasteiger partial charge is 0.327 e. The minimum atomic E-state index is -1.54. The Morgan fingerprint density at radius 1 is 1.04 bits per heavy atom. The Morgan fingerprint density at radius 2 is 1.58 bits per heavy atom. The van der Waals surface area contributed by atoms with E-state index in [1.165, 1.54) is 0 Å². The lowest BCUT2D eigenvalue weighted by Crippen LogP contribution is -2.44. The van der Waals surface area contributed by atoms with E-state index in [4.69, 9.17) is 18.9 Å². The Morgan fingerprint density at radius 3 is 2.08 bits per heavy atom. The van der Waals surface area contributed by atoms with Crippen molar-refractivity contribution in [1.82, 2.24) is 0 Å². The molecule has 1 aromatic rings. The van der Waals surface area contributed by atoms with Crippen molar-refractivity contribution in [3.8, 4) is 11.5 Å². The van der Waals surface area contributed by atoms with Crippen molar-refractivity contribution in [2.45, 2.75) is 46.0 Å². The zero-order valence-electron chi connectivity index (χ0n) is 14.6. The molecule has 0 aromatic heterocycles. The largest absolute Gasteiger partial charge is 0.465 e. The number of benzene rings is 1. The molecule has 1 heterocycles. The van der Waals surface area contributed by atoms with E-state index in [0.29, 0.717) is 23.5 Å². The Hall–Kier alpha value is -2.24. The average molecular weight is 336 g/mol. The highest BCUT2D eigenvalue weighted by atomic mass is 16.7. The van der Waals surface area contributed by atoms with Gasteiger partial charge in [0, 0.05) is 0 Å². The number of carbonyl (C=O) groups excluding carboxylic acids is 2. The van der Waals surface area contributed by atoms with Gasteiger partial charge in [-0.05, 0) is 50.5 Å². The van der Waals surface area contributed by atoms with Crippen molar-refractivity contribution in [1.29, 1.82) is 0 Å². The summed E-state index contributed by atoms with van der Waals surface area (Å²) in [4.78, 5) is 25.3. The van der Waals surface area contributed by atoms with Crippen molar-refractivity contribution < 1.29 is 28.5 Å². The minimum absolute atomic E-state index is 0.125. The number of fused-ring (bicyclic) bond motifs is 1. The summed E-state index contributed by atoms with van der Waals surface area (Å²) >= 11 is 0. The van der Waals surface area contributed by atoms with Gasteiger partial charge in [-0.2, -0.15) is 0 Å². The van der Waals surface area contributed by atoms with Gasteiger partial charge in [-0.25, -0.2) is 0 Å². The highest BCUT2D eigenvalue weighted by Crippen LogP contribution is 2.40. The number of hydrogen-bond acceptors (Lipinski definition) is 6. The molecule has 1 aliphatic rings. The molecule has 24 heavy (non-hydrogen) atoms. The molecule has 2 rings (SSSR count). The Labute approximate surface area is 142 Å². The Kier molecular flexibility index (Phi) is 5.70. The summed E-state index contributed by atoms with van der Waals surface area (Å²) in [5, 5.41) is 0. The lowest BCUT2D eigenvalue weighted by atomic mass is 9.78. The molecule has 0 bridgehead atoms. The normalized spacial score (nSPS) is 12.8. The summed E-state index contributed by atoms with van der Waals surface area (Å²) in [5.74, 6) is -0.110. The summed E-state index contributed by atoms with van der Waals surface area (Å²) in [5.41, 5.74) is -0.145. The van der Waals surface area contributed by atoms with Crippen molar-refractivity contribution in [2.75, 3.05) is 20.0 Å². The SMILES string of the molecule is CCCc1cc2c(cc1C(C)(C(=O)OCC)C(=O)OCC)OCO2. The molecule has 0 saturated carbocycles. The molecule has 0 aliphatic carbocycles. The van der Waals surface area contributed by atoms with Crippen molar-refractivity contribution >= 4 is 11.9 Å². The van der Waals surface area contributed by atoms with Gasteiger partial charge in [-0.15, -0.1) is 0 Å². The van der Waals surface area contributed by atoms with Crippen LogP contribution >= 0.6 is 0 Å². The van der Waals surface area contributed by atoms with Gasteiger partial charge in [-0.3, -0.25) is 9.59 Å². The first-order valence-corrected chi connectivity index (χ1v) is 8.26. The van der Waals surface area contributed by atoms with E-state index in [9.17, 15) is 9.59 Å². The molecule has 6 heteroatoms. The molecule has 0 N–H and O–H groups in total. The van der Waals surface area contributed by atoms with Crippen LogP contribution in [0.4, 0.5) is 0 Å². The molecule has 132 valence electrons. The van der Waals surface area contributed by atoms with Gasteiger partial charge < -0.3 is 18.9 Å². The fraction of sp³-hybridized carbons (Fsp3) is 0.556. The van der Waals surface area contributed by atoms with E-state index in [1.807, 2.05) is 13.0 Å². The first kappa shape index (κ1) is 18.1. The van der Waals surface area contributed by atoms with Crippen molar-refractivity contribution in [3.63, 3.8) is 0 Å². The van der Waals surface area contributed by atoms with Crippen LogP contribution in [-0.2, 0) is 30.9 Å². The maximum absolute atomic E-state index is 12.6. The van der Waals surface area contributed by atoms with Gasteiger partial charge in [-0.1, -0.05) is 13.3 Å².